The molecular formula is C13H19N. The first kappa shape index (κ1) is 9.57. The molecule has 0 saturated heterocycles. The largest absolute Gasteiger partial charge is 0.385 e. The first-order chi connectivity index (χ1) is 6.64. The van der Waals surface area contributed by atoms with Gasteiger partial charge in [0.25, 0.3) is 0 Å². The molecule has 0 spiro atoms. The topological polar surface area (TPSA) is 12.0 Å². The van der Waals surface area contributed by atoms with Crippen molar-refractivity contribution in [2.75, 3.05) is 11.9 Å². The molecule has 1 aromatic carbocycles. The van der Waals surface area contributed by atoms with E-state index in [2.05, 4.69) is 50.4 Å². The Hall–Kier alpha value is -0.980. The van der Waals surface area contributed by atoms with E-state index < -0.39 is 0 Å². The van der Waals surface area contributed by atoms with E-state index in [1.165, 1.54) is 17.7 Å². The highest BCUT2D eigenvalue weighted by molar-refractivity contribution is 5.56. The Morgan fingerprint density at radius 3 is 2.71 bits per heavy atom. The fraction of sp³-hybridized carbons (Fsp3) is 0.538. The fourth-order valence-corrected chi connectivity index (χ4v) is 2.33. The van der Waals surface area contributed by atoms with Gasteiger partial charge >= 0.3 is 0 Å². The number of hydrogen-bond acceptors (Lipinski definition) is 1. The van der Waals surface area contributed by atoms with E-state index in [1.54, 1.807) is 0 Å². The van der Waals surface area contributed by atoms with E-state index in [4.69, 9.17) is 0 Å². The van der Waals surface area contributed by atoms with Crippen molar-refractivity contribution in [1.29, 1.82) is 0 Å². The first-order valence-corrected chi connectivity index (χ1v) is 5.48. The molecule has 1 N–H and O–H groups in total. The van der Waals surface area contributed by atoms with Crippen LogP contribution < -0.4 is 5.32 Å². The monoisotopic (exact) mass is 189 g/mol. The standard InChI is InChI=1S/C13H19N/c1-10(2)13(3)8-9-14-12-7-5-4-6-11(12)13/h4-7,10,14H,8-9H2,1-3H3/t13-/m1/s1. The van der Waals surface area contributed by atoms with Crippen molar-refractivity contribution in [2.45, 2.75) is 32.6 Å². The summed E-state index contributed by atoms with van der Waals surface area (Å²) < 4.78 is 0. The molecule has 0 unspecified atom stereocenters. The van der Waals surface area contributed by atoms with Crippen LogP contribution in [0, 0.1) is 5.92 Å². The van der Waals surface area contributed by atoms with Crippen LogP contribution in [-0.4, -0.2) is 6.54 Å². The number of rotatable bonds is 1. The van der Waals surface area contributed by atoms with Crippen molar-refractivity contribution in [3.05, 3.63) is 29.8 Å². The van der Waals surface area contributed by atoms with E-state index in [0.29, 0.717) is 11.3 Å². The van der Waals surface area contributed by atoms with E-state index in [1.807, 2.05) is 0 Å². The predicted molar refractivity (Wildman–Crippen MR) is 61.7 cm³/mol. The summed E-state index contributed by atoms with van der Waals surface area (Å²) in [5, 5.41) is 3.47. The third kappa shape index (κ3) is 1.31. The van der Waals surface area contributed by atoms with Gasteiger partial charge in [0.1, 0.15) is 0 Å². The molecular weight excluding hydrogens is 170 g/mol. The summed E-state index contributed by atoms with van der Waals surface area (Å²) >= 11 is 0. The van der Waals surface area contributed by atoms with Gasteiger partial charge in [-0.2, -0.15) is 0 Å². The molecule has 1 aliphatic rings. The van der Waals surface area contributed by atoms with Gasteiger partial charge in [0, 0.05) is 12.2 Å². The van der Waals surface area contributed by atoms with E-state index >= 15 is 0 Å². The second-order valence-corrected chi connectivity index (χ2v) is 4.79. The van der Waals surface area contributed by atoms with Crippen LogP contribution in [0.5, 0.6) is 0 Å². The first-order valence-electron chi connectivity index (χ1n) is 5.48. The highest BCUT2D eigenvalue weighted by atomic mass is 14.9. The second kappa shape index (κ2) is 3.30. The lowest BCUT2D eigenvalue weighted by molar-refractivity contribution is 0.315. The van der Waals surface area contributed by atoms with Crippen LogP contribution in [-0.2, 0) is 5.41 Å². The summed E-state index contributed by atoms with van der Waals surface area (Å²) in [7, 11) is 0. The molecule has 1 aromatic rings. The minimum atomic E-state index is 0.349. The van der Waals surface area contributed by atoms with E-state index in [9.17, 15) is 0 Å². The molecule has 0 fully saturated rings. The normalized spacial score (nSPS) is 25.7. The molecule has 0 aliphatic carbocycles. The van der Waals surface area contributed by atoms with Crippen molar-refractivity contribution < 1.29 is 0 Å². The third-order valence-electron chi connectivity index (χ3n) is 3.78. The van der Waals surface area contributed by atoms with Crippen molar-refractivity contribution in [1.82, 2.24) is 0 Å². The van der Waals surface area contributed by atoms with Crippen LogP contribution >= 0.6 is 0 Å². The Balaban J connectivity index is 2.50. The van der Waals surface area contributed by atoms with Crippen LogP contribution in [0.15, 0.2) is 24.3 Å². The van der Waals surface area contributed by atoms with E-state index in [-0.39, 0.29) is 0 Å². The smallest absolute Gasteiger partial charge is 0.0378 e. The zero-order valence-corrected chi connectivity index (χ0v) is 9.30. The second-order valence-electron chi connectivity index (χ2n) is 4.79. The molecule has 1 heteroatoms. The lowest BCUT2D eigenvalue weighted by Crippen LogP contribution is -2.35. The fourth-order valence-electron chi connectivity index (χ4n) is 2.33. The summed E-state index contributed by atoms with van der Waals surface area (Å²) in [4.78, 5) is 0. The molecule has 2 rings (SSSR count). The molecule has 1 nitrogen and oxygen atoms in total. The Kier molecular flexibility index (Phi) is 2.26. The average Bonchev–Trinajstić information content (AvgIpc) is 2.18. The van der Waals surface area contributed by atoms with Gasteiger partial charge in [0.15, 0.2) is 0 Å². The zero-order valence-electron chi connectivity index (χ0n) is 9.30. The molecule has 1 heterocycles. The van der Waals surface area contributed by atoms with Gasteiger partial charge in [-0.3, -0.25) is 0 Å². The van der Waals surface area contributed by atoms with Gasteiger partial charge in [-0.15, -0.1) is 0 Å². The van der Waals surface area contributed by atoms with Crippen molar-refractivity contribution in [3.8, 4) is 0 Å². The van der Waals surface area contributed by atoms with Gasteiger partial charge in [0.2, 0.25) is 0 Å². The van der Waals surface area contributed by atoms with Crippen LogP contribution in [0.2, 0.25) is 0 Å². The molecule has 1 atom stereocenters. The summed E-state index contributed by atoms with van der Waals surface area (Å²) in [5.41, 5.74) is 3.16. The van der Waals surface area contributed by atoms with Gasteiger partial charge in [-0.1, -0.05) is 39.0 Å². The van der Waals surface area contributed by atoms with Crippen LogP contribution in [0.25, 0.3) is 0 Å². The third-order valence-corrected chi connectivity index (χ3v) is 3.78. The Morgan fingerprint density at radius 1 is 1.29 bits per heavy atom. The SMILES string of the molecule is CC(C)[C@@]1(C)CCNc2ccccc21. The Labute approximate surface area is 86.5 Å². The summed E-state index contributed by atoms with van der Waals surface area (Å²) in [5.74, 6) is 0.700. The van der Waals surface area contributed by atoms with E-state index in [0.717, 1.165) is 6.54 Å². The highest BCUT2D eigenvalue weighted by Gasteiger charge is 2.34. The summed E-state index contributed by atoms with van der Waals surface area (Å²) in [6.45, 7) is 8.13. The maximum Gasteiger partial charge on any atom is 0.0378 e. The molecule has 1 aliphatic heterocycles. The minimum absolute atomic E-state index is 0.349. The van der Waals surface area contributed by atoms with Gasteiger partial charge in [-0.25, -0.2) is 0 Å². The lowest BCUT2D eigenvalue weighted by Gasteiger charge is -2.40. The summed E-state index contributed by atoms with van der Waals surface area (Å²) in [6.07, 6.45) is 1.24. The number of fused-ring (bicyclic) bond motifs is 1. The van der Waals surface area contributed by atoms with Crippen LogP contribution in [0.1, 0.15) is 32.8 Å². The minimum Gasteiger partial charge on any atom is -0.385 e. The van der Waals surface area contributed by atoms with Crippen molar-refractivity contribution >= 4 is 5.69 Å². The quantitative estimate of drug-likeness (QED) is 0.713. The van der Waals surface area contributed by atoms with Crippen molar-refractivity contribution in [3.63, 3.8) is 0 Å². The van der Waals surface area contributed by atoms with Crippen molar-refractivity contribution in [2.24, 2.45) is 5.92 Å². The molecule has 14 heavy (non-hydrogen) atoms. The lowest BCUT2D eigenvalue weighted by atomic mass is 9.69. The predicted octanol–water partition coefficient (Wildman–Crippen LogP) is 3.42. The van der Waals surface area contributed by atoms with Gasteiger partial charge < -0.3 is 5.32 Å². The van der Waals surface area contributed by atoms with Crippen LogP contribution in [0.4, 0.5) is 5.69 Å². The maximum absolute atomic E-state index is 3.47. The Bertz CT molecular complexity index is 330. The van der Waals surface area contributed by atoms with Gasteiger partial charge in [-0.05, 0) is 29.4 Å². The number of hydrogen-bond donors (Lipinski definition) is 1. The molecule has 0 saturated carbocycles. The van der Waals surface area contributed by atoms with Gasteiger partial charge in [0.05, 0.1) is 0 Å². The molecule has 0 radical (unpaired) electrons. The highest BCUT2D eigenvalue weighted by Crippen LogP contribution is 2.41. The summed E-state index contributed by atoms with van der Waals surface area (Å²) in [6, 6.07) is 8.71. The van der Waals surface area contributed by atoms with Crippen LogP contribution in [0.3, 0.4) is 0 Å². The zero-order chi connectivity index (χ0) is 10.2. The maximum atomic E-state index is 3.47. The average molecular weight is 189 g/mol. The molecule has 0 aromatic heterocycles. The Morgan fingerprint density at radius 2 is 2.00 bits per heavy atom. The molecule has 76 valence electrons. The molecule has 0 bridgehead atoms. The number of nitrogens with one attached hydrogen (secondary N) is 1. The number of benzene rings is 1. The number of anilines is 1. The molecule has 0 amide bonds. The number of para-hydroxylation sites is 1.